The van der Waals surface area contributed by atoms with E-state index in [9.17, 15) is 23.3 Å². The zero-order valence-electron chi connectivity index (χ0n) is 10.7. The molecule has 110 valence electrons. The molecule has 0 aliphatic rings. The molecule has 2 N–H and O–H groups in total. The van der Waals surface area contributed by atoms with E-state index in [2.05, 4.69) is 4.74 Å². The van der Waals surface area contributed by atoms with Crippen LogP contribution in [0.4, 0.5) is 10.5 Å². The summed E-state index contributed by atoms with van der Waals surface area (Å²) in [4.78, 5) is 22.4. The number of nitro groups is 1. The monoisotopic (exact) mass is 303 g/mol. The smallest absolute Gasteiger partial charge is 0.422 e. The number of ether oxygens (including phenoxy) is 1. The third-order valence-electron chi connectivity index (χ3n) is 2.23. The number of aryl methyl sites for hydroxylation is 1. The van der Waals surface area contributed by atoms with E-state index >= 15 is 0 Å². The summed E-state index contributed by atoms with van der Waals surface area (Å²) < 4.78 is 28.3. The molecule has 20 heavy (non-hydrogen) atoms. The Morgan fingerprint density at radius 1 is 1.45 bits per heavy atom. The molecule has 0 saturated heterocycles. The van der Waals surface area contributed by atoms with Crippen LogP contribution in [0.15, 0.2) is 23.1 Å². The van der Waals surface area contributed by atoms with Gasteiger partial charge in [-0.2, -0.15) is 0 Å². The highest BCUT2D eigenvalue weighted by atomic mass is 32.2. The average Bonchev–Trinajstić information content (AvgIpc) is 2.37. The van der Waals surface area contributed by atoms with Gasteiger partial charge in [0.05, 0.1) is 16.4 Å². The van der Waals surface area contributed by atoms with Crippen LogP contribution in [0.3, 0.4) is 0 Å². The highest BCUT2D eigenvalue weighted by Gasteiger charge is 2.21. The first-order valence-electron chi connectivity index (χ1n) is 5.47. The first kappa shape index (κ1) is 15.9. The molecule has 0 aliphatic heterocycles. The summed E-state index contributed by atoms with van der Waals surface area (Å²) in [5.74, 6) is 0. The largest absolute Gasteiger partial charge is 0.449 e. The van der Waals surface area contributed by atoms with Crippen LogP contribution in [0.25, 0.3) is 0 Å². The quantitative estimate of drug-likeness (QED) is 0.613. The Bertz CT molecular complexity index is 628. The van der Waals surface area contributed by atoms with Crippen molar-refractivity contribution in [2.75, 3.05) is 6.61 Å². The predicted octanol–water partition coefficient (Wildman–Crippen LogP) is 0.843. The molecule has 9 nitrogen and oxygen atoms in total. The van der Waals surface area contributed by atoms with E-state index in [0.29, 0.717) is 5.56 Å². The molecule has 0 aromatic heterocycles. The van der Waals surface area contributed by atoms with E-state index in [-0.39, 0.29) is 17.2 Å². The van der Waals surface area contributed by atoms with E-state index in [0.717, 1.165) is 6.07 Å². The predicted molar refractivity (Wildman–Crippen MR) is 68.3 cm³/mol. The zero-order valence-corrected chi connectivity index (χ0v) is 11.6. The van der Waals surface area contributed by atoms with Crippen molar-refractivity contribution in [3.05, 3.63) is 33.9 Å². The van der Waals surface area contributed by atoms with Crippen molar-refractivity contribution in [3.8, 4) is 0 Å². The zero-order chi connectivity index (χ0) is 15.3. The SMILES string of the molecule is CCOC(=O)NNS(=O)(=O)c1cc([N+](=O)[O-])ccc1C. The second kappa shape index (κ2) is 6.30. The Kier molecular flexibility index (Phi) is 5.00. The van der Waals surface area contributed by atoms with Crippen molar-refractivity contribution >= 4 is 21.8 Å². The number of nitro benzene ring substituents is 1. The molecule has 0 atom stereocenters. The molecule has 0 spiro atoms. The number of sulfonamides is 1. The number of rotatable bonds is 5. The third-order valence-corrected chi connectivity index (χ3v) is 3.62. The van der Waals surface area contributed by atoms with Gasteiger partial charge >= 0.3 is 6.09 Å². The number of hydrazine groups is 1. The van der Waals surface area contributed by atoms with Crippen LogP contribution in [-0.2, 0) is 14.8 Å². The van der Waals surface area contributed by atoms with E-state index in [1.54, 1.807) is 11.8 Å². The van der Waals surface area contributed by atoms with Crippen molar-refractivity contribution in [2.45, 2.75) is 18.7 Å². The molecule has 10 heteroatoms. The Morgan fingerprint density at radius 2 is 2.10 bits per heavy atom. The first-order valence-corrected chi connectivity index (χ1v) is 6.96. The van der Waals surface area contributed by atoms with E-state index < -0.39 is 21.0 Å². The molecule has 0 heterocycles. The van der Waals surface area contributed by atoms with Crippen molar-refractivity contribution in [2.24, 2.45) is 0 Å². The molecule has 0 saturated carbocycles. The van der Waals surface area contributed by atoms with Crippen molar-refractivity contribution in [3.63, 3.8) is 0 Å². The summed E-state index contributed by atoms with van der Waals surface area (Å²) in [6.07, 6.45) is -0.973. The first-order chi connectivity index (χ1) is 9.27. The minimum absolute atomic E-state index is 0.0728. The normalized spacial score (nSPS) is 10.9. The summed E-state index contributed by atoms with van der Waals surface area (Å²) >= 11 is 0. The van der Waals surface area contributed by atoms with Crippen LogP contribution >= 0.6 is 0 Å². The van der Waals surface area contributed by atoms with Gasteiger partial charge in [-0.3, -0.25) is 10.1 Å². The molecular formula is C10H13N3O6S. The van der Waals surface area contributed by atoms with Gasteiger partial charge in [0.15, 0.2) is 0 Å². The van der Waals surface area contributed by atoms with Gasteiger partial charge in [0, 0.05) is 12.1 Å². The van der Waals surface area contributed by atoms with Gasteiger partial charge in [0.1, 0.15) is 0 Å². The molecule has 1 aromatic rings. The number of nitrogens with one attached hydrogen (secondary N) is 2. The summed E-state index contributed by atoms with van der Waals surface area (Å²) in [6, 6.07) is 3.40. The van der Waals surface area contributed by atoms with Crippen molar-refractivity contribution < 1.29 is 22.9 Å². The summed E-state index contributed by atoms with van der Waals surface area (Å²) in [5.41, 5.74) is 1.76. The second-order valence-corrected chi connectivity index (χ2v) is 5.31. The van der Waals surface area contributed by atoms with Gasteiger partial charge < -0.3 is 4.74 Å². The number of amides is 1. The van der Waals surface area contributed by atoms with Crippen LogP contribution in [0.2, 0.25) is 0 Å². The van der Waals surface area contributed by atoms with Crippen LogP contribution in [0, 0.1) is 17.0 Å². The van der Waals surface area contributed by atoms with E-state index in [1.807, 2.05) is 5.43 Å². The lowest BCUT2D eigenvalue weighted by Gasteiger charge is -2.10. The van der Waals surface area contributed by atoms with Gasteiger partial charge in [-0.1, -0.05) is 6.07 Å². The second-order valence-electron chi connectivity index (χ2n) is 3.66. The van der Waals surface area contributed by atoms with Gasteiger partial charge in [0.2, 0.25) is 0 Å². The minimum Gasteiger partial charge on any atom is -0.449 e. The minimum atomic E-state index is -4.13. The highest BCUT2D eigenvalue weighted by molar-refractivity contribution is 7.89. The molecule has 0 aliphatic carbocycles. The van der Waals surface area contributed by atoms with E-state index in [1.165, 1.54) is 19.1 Å². The Morgan fingerprint density at radius 3 is 2.65 bits per heavy atom. The third kappa shape index (κ3) is 3.90. The fourth-order valence-electron chi connectivity index (χ4n) is 1.32. The molecule has 1 amide bonds. The number of benzene rings is 1. The van der Waals surface area contributed by atoms with Crippen LogP contribution in [0.5, 0.6) is 0 Å². The molecule has 0 radical (unpaired) electrons. The van der Waals surface area contributed by atoms with Crippen LogP contribution in [-0.4, -0.2) is 26.0 Å². The van der Waals surface area contributed by atoms with Crippen molar-refractivity contribution in [1.82, 2.24) is 10.3 Å². The standard InChI is InChI=1S/C10H13N3O6S/c1-3-19-10(14)11-12-20(17,18)9-6-8(13(15)16)5-4-7(9)2/h4-6,12H,3H2,1-2H3,(H,11,14). The average molecular weight is 303 g/mol. The van der Waals surface area contributed by atoms with Gasteiger partial charge in [-0.25, -0.2) is 18.6 Å². The molecule has 1 rings (SSSR count). The molecule has 1 aromatic carbocycles. The number of hydrogen-bond acceptors (Lipinski definition) is 6. The highest BCUT2D eigenvalue weighted by Crippen LogP contribution is 2.21. The lowest BCUT2D eigenvalue weighted by atomic mass is 10.2. The summed E-state index contributed by atoms with van der Waals surface area (Å²) in [5, 5.41) is 10.6. The maximum Gasteiger partial charge on any atom is 0.422 e. The number of hydrogen-bond donors (Lipinski definition) is 2. The molecule has 0 unspecified atom stereocenters. The van der Waals surface area contributed by atoms with Crippen LogP contribution in [0.1, 0.15) is 12.5 Å². The molecule has 0 bridgehead atoms. The van der Waals surface area contributed by atoms with Crippen molar-refractivity contribution in [1.29, 1.82) is 0 Å². The fourth-order valence-corrected chi connectivity index (χ4v) is 2.42. The summed E-state index contributed by atoms with van der Waals surface area (Å²) in [7, 11) is -4.13. The molecule has 0 fully saturated rings. The molecular weight excluding hydrogens is 290 g/mol. The number of carbonyl (C=O) groups excluding carboxylic acids is 1. The number of non-ortho nitro benzene ring substituents is 1. The topological polar surface area (TPSA) is 128 Å². The lowest BCUT2D eigenvalue weighted by molar-refractivity contribution is -0.385. The van der Waals surface area contributed by atoms with Crippen LogP contribution < -0.4 is 10.3 Å². The van der Waals surface area contributed by atoms with Gasteiger partial charge in [0.25, 0.3) is 15.7 Å². The maximum absolute atomic E-state index is 11.9. The Balaban J connectivity index is 3.00. The fraction of sp³-hybridized carbons (Fsp3) is 0.300. The van der Waals surface area contributed by atoms with Gasteiger partial charge in [-0.15, -0.1) is 4.83 Å². The maximum atomic E-state index is 11.9. The summed E-state index contributed by atoms with van der Waals surface area (Å²) in [6.45, 7) is 3.10. The lowest BCUT2D eigenvalue weighted by Crippen LogP contribution is -2.42. The van der Waals surface area contributed by atoms with E-state index in [4.69, 9.17) is 0 Å². The number of carbonyl (C=O) groups is 1. The number of nitrogens with zero attached hydrogens (tertiary/aromatic N) is 1. The Labute approximate surface area is 115 Å². The van der Waals surface area contributed by atoms with Gasteiger partial charge in [-0.05, 0) is 19.4 Å². The Hall–Kier alpha value is -2.20.